The Morgan fingerprint density at radius 2 is 1.57 bits per heavy atom. The van der Waals surface area contributed by atoms with Crippen molar-refractivity contribution in [3.05, 3.63) is 36.0 Å². The van der Waals surface area contributed by atoms with Crippen LogP contribution in [0.15, 0.2) is 30.5 Å². The van der Waals surface area contributed by atoms with Crippen LogP contribution in [-0.2, 0) is 25.6 Å². The maximum atomic E-state index is 13.1. The van der Waals surface area contributed by atoms with E-state index in [2.05, 4.69) is 20.9 Å². The third-order valence-corrected chi connectivity index (χ3v) is 6.04. The van der Waals surface area contributed by atoms with E-state index in [4.69, 9.17) is 10.8 Å². The molecule has 35 heavy (non-hydrogen) atoms. The minimum absolute atomic E-state index is 0.247. The number of nitrogens with one attached hydrogen (secondary N) is 4. The first kappa shape index (κ1) is 27.8. The Kier molecular flexibility index (Phi) is 9.78. The van der Waals surface area contributed by atoms with Crippen LogP contribution in [0.3, 0.4) is 0 Å². The van der Waals surface area contributed by atoms with Gasteiger partial charge in [0.2, 0.25) is 17.7 Å². The zero-order chi connectivity index (χ0) is 26.3. The first-order chi connectivity index (χ1) is 16.5. The van der Waals surface area contributed by atoms with Gasteiger partial charge in [-0.25, -0.2) is 0 Å². The van der Waals surface area contributed by atoms with Crippen LogP contribution >= 0.6 is 0 Å². The number of aromatic nitrogens is 1. The number of nitrogens with two attached hydrogens (primary N) is 1. The molecule has 1 aromatic heterocycles. The lowest BCUT2D eigenvalue weighted by Crippen LogP contribution is -2.60. The number of carboxylic acids is 1. The summed E-state index contributed by atoms with van der Waals surface area (Å²) in [7, 11) is 0. The minimum atomic E-state index is -1.41. The third-order valence-electron chi connectivity index (χ3n) is 6.04. The highest BCUT2D eigenvalue weighted by atomic mass is 16.4. The third kappa shape index (κ3) is 7.27. The van der Waals surface area contributed by atoms with Crippen molar-refractivity contribution in [1.82, 2.24) is 20.9 Å². The van der Waals surface area contributed by atoms with Crippen molar-refractivity contribution < 1.29 is 29.4 Å². The lowest BCUT2D eigenvalue weighted by atomic mass is 9.96. The molecule has 0 fully saturated rings. The van der Waals surface area contributed by atoms with Crippen molar-refractivity contribution >= 4 is 34.6 Å². The van der Waals surface area contributed by atoms with E-state index in [0.29, 0.717) is 6.42 Å². The number of amides is 3. The first-order valence-electron chi connectivity index (χ1n) is 11.6. The molecule has 1 aromatic carbocycles. The van der Waals surface area contributed by atoms with Gasteiger partial charge in [0.1, 0.15) is 18.1 Å². The molecule has 0 saturated carbocycles. The van der Waals surface area contributed by atoms with E-state index in [0.717, 1.165) is 16.5 Å². The van der Waals surface area contributed by atoms with Crippen LogP contribution in [0.5, 0.6) is 0 Å². The fourth-order valence-corrected chi connectivity index (χ4v) is 3.61. The van der Waals surface area contributed by atoms with E-state index in [-0.39, 0.29) is 12.3 Å². The highest BCUT2D eigenvalue weighted by Crippen LogP contribution is 2.19. The molecule has 3 amide bonds. The Labute approximate surface area is 203 Å². The molecule has 6 atom stereocenters. The van der Waals surface area contributed by atoms with Gasteiger partial charge in [-0.3, -0.25) is 19.2 Å². The average Bonchev–Trinajstić information content (AvgIpc) is 3.22. The highest BCUT2D eigenvalue weighted by Gasteiger charge is 2.33. The van der Waals surface area contributed by atoms with E-state index in [1.165, 1.54) is 13.8 Å². The lowest BCUT2D eigenvalue weighted by Gasteiger charge is -2.28. The molecule has 11 heteroatoms. The number of carbonyl (C=O) groups excluding carboxylic acids is 3. The predicted octanol–water partition coefficient (Wildman–Crippen LogP) is 0.0235. The van der Waals surface area contributed by atoms with Gasteiger partial charge in [-0.05, 0) is 37.8 Å². The molecule has 11 nitrogen and oxygen atoms in total. The second-order valence-electron chi connectivity index (χ2n) is 8.84. The van der Waals surface area contributed by atoms with Crippen molar-refractivity contribution in [1.29, 1.82) is 0 Å². The molecule has 0 saturated heterocycles. The van der Waals surface area contributed by atoms with E-state index in [9.17, 15) is 24.3 Å². The summed E-state index contributed by atoms with van der Waals surface area (Å²) in [6.45, 7) is 6.17. The lowest BCUT2D eigenvalue weighted by molar-refractivity contribution is -0.142. The van der Waals surface area contributed by atoms with E-state index in [1.54, 1.807) is 13.1 Å². The summed E-state index contributed by atoms with van der Waals surface area (Å²) < 4.78 is 0. The van der Waals surface area contributed by atoms with E-state index >= 15 is 0 Å². The molecule has 2 aromatic rings. The molecule has 1 heterocycles. The van der Waals surface area contributed by atoms with Crippen LogP contribution in [0.2, 0.25) is 0 Å². The average molecular weight is 490 g/mol. The summed E-state index contributed by atoms with van der Waals surface area (Å²) in [5.41, 5.74) is 7.94. The van der Waals surface area contributed by atoms with Crippen molar-refractivity contribution in [2.24, 2.45) is 11.7 Å². The van der Waals surface area contributed by atoms with Gasteiger partial charge in [0.25, 0.3) is 0 Å². The smallest absolute Gasteiger partial charge is 0.325 e. The molecule has 0 aliphatic carbocycles. The zero-order valence-electron chi connectivity index (χ0n) is 20.4. The summed E-state index contributed by atoms with van der Waals surface area (Å²) in [6, 6.07) is 3.05. The fraction of sp³-hybridized carbons (Fsp3) is 0.500. The zero-order valence-corrected chi connectivity index (χ0v) is 20.4. The topological polar surface area (TPSA) is 187 Å². The number of aliphatic carboxylic acids is 1. The van der Waals surface area contributed by atoms with Crippen LogP contribution in [-0.4, -0.2) is 69.2 Å². The van der Waals surface area contributed by atoms with Crippen molar-refractivity contribution in [2.75, 3.05) is 0 Å². The Bertz CT molecular complexity index is 1050. The number of fused-ring (bicyclic) bond motifs is 1. The summed E-state index contributed by atoms with van der Waals surface area (Å²) >= 11 is 0. The molecule has 8 N–H and O–H groups in total. The van der Waals surface area contributed by atoms with Crippen LogP contribution < -0.4 is 21.7 Å². The number of para-hydroxylation sites is 1. The maximum absolute atomic E-state index is 13.1. The largest absolute Gasteiger partial charge is 0.480 e. The quantitative estimate of drug-likeness (QED) is 0.219. The van der Waals surface area contributed by atoms with E-state index in [1.807, 2.05) is 31.2 Å². The number of benzene rings is 1. The van der Waals surface area contributed by atoms with Gasteiger partial charge < -0.3 is 36.9 Å². The number of aliphatic hydroxyl groups is 1. The van der Waals surface area contributed by atoms with Gasteiger partial charge in [0.15, 0.2) is 0 Å². The van der Waals surface area contributed by atoms with Crippen molar-refractivity contribution in [3.8, 4) is 0 Å². The van der Waals surface area contributed by atoms with Crippen LogP contribution in [0.25, 0.3) is 10.9 Å². The number of hydrogen-bond donors (Lipinski definition) is 7. The number of carboxylic acid groups (broad SMARTS) is 1. The SMILES string of the molecule is CCC(C)C(NC(=O)C(N)Cc1c[nH]c2ccccc12)C(=O)NC(C(=O)NC(C)C(=O)O)C(C)O. The van der Waals surface area contributed by atoms with Gasteiger partial charge in [-0.15, -0.1) is 0 Å². The second kappa shape index (κ2) is 12.3. The normalized spacial score (nSPS) is 16.4. The van der Waals surface area contributed by atoms with E-state index < -0.39 is 54.0 Å². The molecular formula is C24H35N5O6. The molecule has 0 aliphatic rings. The maximum Gasteiger partial charge on any atom is 0.325 e. The van der Waals surface area contributed by atoms with Gasteiger partial charge in [0.05, 0.1) is 12.1 Å². The standard InChI is InChI=1S/C24H35N5O6/c1-5-12(2)19(22(32)29-20(14(4)30)23(33)27-13(3)24(34)35)28-21(31)17(25)10-15-11-26-18-9-7-6-8-16(15)18/h6-9,11-14,17,19-20,26,30H,5,10,25H2,1-4H3,(H,27,33)(H,28,31)(H,29,32)(H,34,35). The van der Waals surface area contributed by atoms with Crippen molar-refractivity contribution in [3.63, 3.8) is 0 Å². The Hall–Kier alpha value is -3.44. The van der Waals surface area contributed by atoms with Gasteiger partial charge >= 0.3 is 5.97 Å². The summed E-state index contributed by atoms with van der Waals surface area (Å²) in [5.74, 6) is -3.64. The van der Waals surface area contributed by atoms with Crippen LogP contribution in [0, 0.1) is 5.92 Å². The molecular weight excluding hydrogens is 454 g/mol. The monoisotopic (exact) mass is 489 g/mol. The van der Waals surface area contributed by atoms with Crippen molar-refractivity contribution in [2.45, 2.75) is 70.8 Å². The second-order valence-corrected chi connectivity index (χ2v) is 8.84. The molecule has 2 rings (SSSR count). The molecule has 192 valence electrons. The number of hydrogen-bond acceptors (Lipinski definition) is 6. The van der Waals surface area contributed by atoms with Gasteiger partial charge in [0, 0.05) is 17.1 Å². The predicted molar refractivity (Wildman–Crippen MR) is 130 cm³/mol. The number of H-pyrrole nitrogens is 1. The van der Waals surface area contributed by atoms with Crippen LogP contribution in [0.4, 0.5) is 0 Å². The Morgan fingerprint density at radius 1 is 0.971 bits per heavy atom. The van der Waals surface area contributed by atoms with Gasteiger partial charge in [-0.1, -0.05) is 38.5 Å². The van der Waals surface area contributed by atoms with Gasteiger partial charge in [-0.2, -0.15) is 0 Å². The molecule has 0 bridgehead atoms. The Balaban J connectivity index is 2.11. The molecule has 0 aliphatic heterocycles. The number of aromatic amines is 1. The molecule has 0 radical (unpaired) electrons. The summed E-state index contributed by atoms with van der Waals surface area (Å²) in [4.78, 5) is 52.6. The Morgan fingerprint density at radius 3 is 2.17 bits per heavy atom. The number of aliphatic hydroxyl groups excluding tert-OH is 1. The first-order valence-corrected chi connectivity index (χ1v) is 11.6. The number of rotatable bonds is 12. The van der Waals surface area contributed by atoms with Crippen LogP contribution in [0.1, 0.15) is 39.7 Å². The molecule has 0 spiro atoms. The number of carbonyl (C=O) groups is 4. The fourth-order valence-electron chi connectivity index (χ4n) is 3.61. The summed E-state index contributed by atoms with van der Waals surface area (Å²) in [6.07, 6.45) is 1.27. The minimum Gasteiger partial charge on any atom is -0.480 e. The summed E-state index contributed by atoms with van der Waals surface area (Å²) in [5, 5.41) is 27.3. The highest BCUT2D eigenvalue weighted by molar-refractivity contribution is 5.94. The molecule has 6 unspecified atom stereocenters.